The highest BCUT2D eigenvalue weighted by Gasteiger charge is 2.14. The molecular weight excluding hydrogens is 278 g/mol. The summed E-state index contributed by atoms with van der Waals surface area (Å²) >= 11 is 0. The molecule has 6 nitrogen and oxygen atoms in total. The maximum atomic E-state index is 11.8. The minimum Gasteiger partial charge on any atom is -0.355 e. The van der Waals surface area contributed by atoms with E-state index in [4.69, 9.17) is 5.73 Å². The van der Waals surface area contributed by atoms with E-state index in [1.54, 1.807) is 0 Å². The van der Waals surface area contributed by atoms with E-state index in [1.165, 1.54) is 14.1 Å². The molecule has 1 rings (SSSR count). The van der Waals surface area contributed by atoms with Crippen molar-refractivity contribution in [1.82, 2.24) is 9.62 Å². The number of rotatable bonds is 7. The summed E-state index contributed by atoms with van der Waals surface area (Å²) in [5.74, 6) is -0.315. The van der Waals surface area contributed by atoms with Crippen molar-refractivity contribution in [3.8, 4) is 0 Å². The molecule has 0 aliphatic heterocycles. The molecule has 0 aromatic heterocycles. The summed E-state index contributed by atoms with van der Waals surface area (Å²) in [6.07, 6.45) is 0.204. The van der Waals surface area contributed by atoms with Crippen LogP contribution in [-0.2, 0) is 27.8 Å². The maximum Gasteiger partial charge on any atom is 0.224 e. The Morgan fingerprint density at radius 1 is 1.25 bits per heavy atom. The van der Waals surface area contributed by atoms with Crippen LogP contribution in [0.2, 0.25) is 0 Å². The van der Waals surface area contributed by atoms with E-state index in [-0.39, 0.29) is 24.6 Å². The van der Waals surface area contributed by atoms with Gasteiger partial charge in [0.15, 0.2) is 0 Å². The quantitative estimate of drug-likeness (QED) is 0.722. The molecule has 20 heavy (non-hydrogen) atoms. The summed E-state index contributed by atoms with van der Waals surface area (Å²) in [5.41, 5.74) is 7.38. The van der Waals surface area contributed by atoms with Crippen LogP contribution in [0.25, 0.3) is 0 Å². The van der Waals surface area contributed by atoms with Crippen LogP contribution in [0.3, 0.4) is 0 Å². The van der Waals surface area contributed by atoms with Crippen LogP contribution < -0.4 is 11.1 Å². The first-order valence-electron chi connectivity index (χ1n) is 6.30. The first-order chi connectivity index (χ1) is 9.36. The lowest BCUT2D eigenvalue weighted by atomic mass is 10.0. The number of amides is 1. The van der Waals surface area contributed by atoms with Crippen molar-refractivity contribution in [2.24, 2.45) is 5.73 Å². The number of nitrogens with two attached hydrogens (primary N) is 1. The van der Waals surface area contributed by atoms with Gasteiger partial charge in [0.2, 0.25) is 15.9 Å². The number of carbonyl (C=O) groups is 1. The molecule has 0 bridgehead atoms. The molecule has 112 valence electrons. The van der Waals surface area contributed by atoms with Crippen LogP contribution in [0.1, 0.15) is 11.1 Å². The van der Waals surface area contributed by atoms with Crippen molar-refractivity contribution in [3.63, 3.8) is 0 Å². The lowest BCUT2D eigenvalue weighted by Gasteiger charge is -2.12. The van der Waals surface area contributed by atoms with Gasteiger partial charge in [-0.25, -0.2) is 12.7 Å². The molecular formula is C13H21N3O3S. The molecule has 0 fully saturated rings. The average Bonchev–Trinajstić information content (AvgIpc) is 2.39. The Morgan fingerprint density at radius 3 is 2.40 bits per heavy atom. The Bertz CT molecular complexity index is 556. The third-order valence-electron chi connectivity index (χ3n) is 2.93. The lowest BCUT2D eigenvalue weighted by Crippen LogP contribution is -2.34. The van der Waals surface area contributed by atoms with Gasteiger partial charge >= 0.3 is 0 Å². The van der Waals surface area contributed by atoms with Crippen LogP contribution in [-0.4, -0.2) is 45.0 Å². The fraction of sp³-hybridized carbons (Fsp3) is 0.462. The van der Waals surface area contributed by atoms with Gasteiger partial charge in [-0.15, -0.1) is 0 Å². The van der Waals surface area contributed by atoms with Gasteiger partial charge in [0.05, 0.1) is 12.2 Å². The normalized spacial score (nSPS) is 11.6. The van der Waals surface area contributed by atoms with Gasteiger partial charge in [0.25, 0.3) is 0 Å². The molecule has 0 aliphatic rings. The van der Waals surface area contributed by atoms with Crippen molar-refractivity contribution in [3.05, 3.63) is 35.4 Å². The van der Waals surface area contributed by atoms with E-state index in [9.17, 15) is 13.2 Å². The number of carbonyl (C=O) groups excluding carboxylic acids is 1. The fourth-order valence-corrected chi connectivity index (χ4v) is 2.39. The molecule has 0 saturated carbocycles. The van der Waals surface area contributed by atoms with Crippen molar-refractivity contribution in [2.75, 3.05) is 26.4 Å². The highest BCUT2D eigenvalue weighted by molar-refractivity contribution is 7.89. The van der Waals surface area contributed by atoms with Crippen LogP contribution >= 0.6 is 0 Å². The molecule has 1 aromatic carbocycles. The Balaban J connectivity index is 2.49. The largest absolute Gasteiger partial charge is 0.355 e. The zero-order chi connectivity index (χ0) is 15.2. The number of nitrogens with zero attached hydrogens (tertiary/aromatic N) is 1. The molecule has 0 unspecified atom stereocenters. The Hall–Kier alpha value is -1.44. The summed E-state index contributed by atoms with van der Waals surface area (Å²) in [6, 6.07) is 7.43. The number of nitrogens with one attached hydrogen (secondary N) is 1. The van der Waals surface area contributed by atoms with Crippen molar-refractivity contribution >= 4 is 15.9 Å². The Kier molecular flexibility index (Phi) is 6.12. The SMILES string of the molecule is CN(C)S(=O)(=O)CCNC(=O)Cc1ccccc1CN. The highest BCUT2D eigenvalue weighted by atomic mass is 32.2. The van der Waals surface area contributed by atoms with E-state index >= 15 is 0 Å². The van der Waals surface area contributed by atoms with Crippen LogP contribution in [0, 0.1) is 0 Å². The Labute approximate surface area is 120 Å². The topological polar surface area (TPSA) is 92.5 Å². The number of benzene rings is 1. The maximum absolute atomic E-state index is 11.8. The van der Waals surface area contributed by atoms with Crippen molar-refractivity contribution in [2.45, 2.75) is 13.0 Å². The van der Waals surface area contributed by atoms with E-state index in [0.29, 0.717) is 6.54 Å². The fourth-order valence-electron chi connectivity index (χ4n) is 1.67. The van der Waals surface area contributed by atoms with Gasteiger partial charge in [-0.2, -0.15) is 0 Å². The second kappa shape index (κ2) is 7.37. The zero-order valence-corrected chi connectivity index (χ0v) is 12.6. The predicted molar refractivity (Wildman–Crippen MR) is 78.5 cm³/mol. The van der Waals surface area contributed by atoms with Gasteiger partial charge in [0.1, 0.15) is 0 Å². The van der Waals surface area contributed by atoms with Crippen LogP contribution in [0.5, 0.6) is 0 Å². The van der Waals surface area contributed by atoms with Gasteiger partial charge in [-0.1, -0.05) is 24.3 Å². The third kappa shape index (κ3) is 4.92. The van der Waals surface area contributed by atoms with E-state index in [0.717, 1.165) is 15.4 Å². The summed E-state index contributed by atoms with van der Waals surface area (Å²) < 4.78 is 24.2. The summed E-state index contributed by atoms with van der Waals surface area (Å²) in [6.45, 7) is 0.475. The van der Waals surface area contributed by atoms with E-state index in [1.807, 2.05) is 24.3 Å². The minimum absolute atomic E-state index is 0.101. The second-order valence-corrected chi connectivity index (χ2v) is 6.90. The molecule has 0 spiro atoms. The number of hydrogen-bond acceptors (Lipinski definition) is 4. The number of hydrogen-bond donors (Lipinski definition) is 2. The molecule has 0 atom stereocenters. The first-order valence-corrected chi connectivity index (χ1v) is 7.91. The summed E-state index contributed by atoms with van der Waals surface area (Å²) in [7, 11) is -0.347. The summed E-state index contributed by atoms with van der Waals surface area (Å²) in [4.78, 5) is 11.8. The summed E-state index contributed by atoms with van der Waals surface area (Å²) in [5, 5.41) is 2.61. The monoisotopic (exact) mass is 299 g/mol. The van der Waals surface area contributed by atoms with Crippen LogP contribution in [0.4, 0.5) is 0 Å². The molecule has 0 heterocycles. The number of sulfonamides is 1. The molecule has 7 heteroatoms. The first kappa shape index (κ1) is 16.6. The molecule has 3 N–H and O–H groups in total. The molecule has 1 amide bonds. The second-order valence-electron chi connectivity index (χ2n) is 4.60. The Morgan fingerprint density at radius 2 is 1.85 bits per heavy atom. The lowest BCUT2D eigenvalue weighted by molar-refractivity contribution is -0.120. The highest BCUT2D eigenvalue weighted by Crippen LogP contribution is 2.08. The average molecular weight is 299 g/mol. The van der Waals surface area contributed by atoms with Crippen LogP contribution in [0.15, 0.2) is 24.3 Å². The van der Waals surface area contributed by atoms with Gasteiger partial charge in [-0.05, 0) is 11.1 Å². The molecule has 1 aromatic rings. The predicted octanol–water partition coefficient (Wildman–Crippen LogP) is -0.305. The van der Waals surface area contributed by atoms with Gasteiger partial charge < -0.3 is 11.1 Å². The van der Waals surface area contributed by atoms with Gasteiger partial charge in [-0.3, -0.25) is 4.79 Å². The molecule has 0 saturated heterocycles. The minimum atomic E-state index is -3.28. The van der Waals surface area contributed by atoms with Gasteiger partial charge in [0, 0.05) is 27.2 Å². The van der Waals surface area contributed by atoms with Crippen molar-refractivity contribution < 1.29 is 13.2 Å². The molecule has 0 aliphatic carbocycles. The van der Waals surface area contributed by atoms with E-state index < -0.39 is 10.0 Å². The smallest absolute Gasteiger partial charge is 0.224 e. The molecule has 0 radical (unpaired) electrons. The standard InChI is InChI=1S/C13H21N3O3S/c1-16(2)20(18,19)8-7-15-13(17)9-11-5-3-4-6-12(11)10-14/h3-6H,7-10,14H2,1-2H3,(H,15,17). The van der Waals surface area contributed by atoms with E-state index in [2.05, 4.69) is 5.32 Å². The third-order valence-corrected chi connectivity index (χ3v) is 4.76. The zero-order valence-electron chi connectivity index (χ0n) is 11.8. The van der Waals surface area contributed by atoms with Crippen molar-refractivity contribution in [1.29, 1.82) is 0 Å².